The molecule has 1 saturated carbocycles. The first kappa shape index (κ1) is 7.10. The van der Waals surface area contributed by atoms with Gasteiger partial charge in [0, 0.05) is 18.5 Å². The third kappa shape index (κ3) is 1.38. The Hall–Kier alpha value is -0.570. The fourth-order valence-electron chi connectivity index (χ4n) is 1.60. The number of hydrogen-bond acceptors (Lipinski definition) is 2. The van der Waals surface area contributed by atoms with Crippen LogP contribution in [0.15, 0.2) is 0 Å². The van der Waals surface area contributed by atoms with Crippen LogP contribution in [0.1, 0.15) is 12.8 Å². The minimum atomic E-state index is 0.359. The van der Waals surface area contributed by atoms with Crippen molar-refractivity contribution in [1.82, 2.24) is 4.90 Å². The standard InChI is InChI=1S/C8H13NO2/c10-7-9-3-4-11-6-8(5-9)1-2-8/h7H,1-6H2. The van der Waals surface area contributed by atoms with E-state index in [1.807, 2.05) is 4.90 Å². The van der Waals surface area contributed by atoms with Crippen molar-refractivity contribution in [2.24, 2.45) is 5.41 Å². The molecule has 1 aliphatic carbocycles. The van der Waals surface area contributed by atoms with Crippen LogP contribution in [-0.4, -0.2) is 37.6 Å². The van der Waals surface area contributed by atoms with Crippen LogP contribution in [0.5, 0.6) is 0 Å². The van der Waals surface area contributed by atoms with E-state index in [-0.39, 0.29) is 0 Å². The first-order valence-electron chi connectivity index (χ1n) is 4.12. The maximum atomic E-state index is 10.5. The summed E-state index contributed by atoms with van der Waals surface area (Å²) >= 11 is 0. The third-order valence-electron chi connectivity index (χ3n) is 2.58. The zero-order chi connectivity index (χ0) is 7.73. The van der Waals surface area contributed by atoms with Crippen molar-refractivity contribution >= 4 is 6.41 Å². The fourth-order valence-corrected chi connectivity index (χ4v) is 1.60. The van der Waals surface area contributed by atoms with Crippen molar-refractivity contribution in [2.75, 3.05) is 26.3 Å². The lowest BCUT2D eigenvalue weighted by molar-refractivity contribution is -0.118. The van der Waals surface area contributed by atoms with Gasteiger partial charge in [-0.1, -0.05) is 0 Å². The van der Waals surface area contributed by atoms with Crippen LogP contribution in [0.25, 0.3) is 0 Å². The molecule has 1 heterocycles. The van der Waals surface area contributed by atoms with Crippen LogP contribution >= 0.6 is 0 Å². The van der Waals surface area contributed by atoms with Gasteiger partial charge in [-0.05, 0) is 12.8 Å². The Morgan fingerprint density at radius 3 is 2.91 bits per heavy atom. The number of nitrogens with zero attached hydrogens (tertiary/aromatic N) is 1. The molecule has 1 aliphatic heterocycles. The van der Waals surface area contributed by atoms with Gasteiger partial charge in [0.1, 0.15) is 0 Å². The van der Waals surface area contributed by atoms with E-state index >= 15 is 0 Å². The highest BCUT2D eigenvalue weighted by atomic mass is 16.5. The van der Waals surface area contributed by atoms with Crippen LogP contribution in [0, 0.1) is 5.41 Å². The maximum Gasteiger partial charge on any atom is 0.209 e. The monoisotopic (exact) mass is 155 g/mol. The minimum Gasteiger partial charge on any atom is -0.379 e. The van der Waals surface area contributed by atoms with Gasteiger partial charge < -0.3 is 9.64 Å². The second kappa shape index (κ2) is 2.48. The van der Waals surface area contributed by atoms with Crippen molar-refractivity contribution in [1.29, 1.82) is 0 Å². The number of carbonyl (C=O) groups excluding carboxylic acids is 1. The van der Waals surface area contributed by atoms with Crippen molar-refractivity contribution in [3.8, 4) is 0 Å². The lowest BCUT2D eigenvalue weighted by atomic mass is 10.1. The Bertz CT molecular complexity index is 165. The van der Waals surface area contributed by atoms with E-state index in [9.17, 15) is 4.79 Å². The summed E-state index contributed by atoms with van der Waals surface area (Å²) in [5.74, 6) is 0. The normalized spacial score (nSPS) is 28.2. The smallest absolute Gasteiger partial charge is 0.209 e. The van der Waals surface area contributed by atoms with E-state index in [4.69, 9.17) is 4.74 Å². The topological polar surface area (TPSA) is 29.5 Å². The summed E-state index contributed by atoms with van der Waals surface area (Å²) in [7, 11) is 0. The van der Waals surface area contributed by atoms with Crippen LogP contribution in [0.3, 0.4) is 0 Å². The molecule has 2 aliphatic rings. The Kier molecular flexibility index (Phi) is 1.60. The molecule has 1 saturated heterocycles. The fraction of sp³-hybridized carbons (Fsp3) is 0.875. The van der Waals surface area contributed by atoms with E-state index in [1.54, 1.807) is 0 Å². The van der Waals surface area contributed by atoms with Gasteiger partial charge in [0.2, 0.25) is 6.41 Å². The third-order valence-corrected chi connectivity index (χ3v) is 2.58. The molecular formula is C8H13NO2. The van der Waals surface area contributed by atoms with Gasteiger partial charge in [0.05, 0.1) is 13.2 Å². The molecule has 2 fully saturated rings. The molecule has 0 N–H and O–H groups in total. The summed E-state index contributed by atoms with van der Waals surface area (Å²) in [4.78, 5) is 12.3. The summed E-state index contributed by atoms with van der Waals surface area (Å²) in [6.45, 7) is 3.25. The Labute approximate surface area is 66.3 Å². The summed E-state index contributed by atoms with van der Waals surface area (Å²) in [6, 6.07) is 0. The second-order valence-electron chi connectivity index (χ2n) is 3.63. The lowest BCUT2D eigenvalue weighted by Crippen LogP contribution is -2.29. The molecular weight excluding hydrogens is 142 g/mol. The molecule has 0 bridgehead atoms. The predicted molar refractivity (Wildman–Crippen MR) is 40.1 cm³/mol. The molecule has 0 aromatic heterocycles. The zero-order valence-corrected chi connectivity index (χ0v) is 6.58. The van der Waals surface area contributed by atoms with Gasteiger partial charge in [0.25, 0.3) is 0 Å². The van der Waals surface area contributed by atoms with Crippen LogP contribution in [-0.2, 0) is 9.53 Å². The number of ether oxygens (including phenoxy) is 1. The number of hydrogen-bond donors (Lipinski definition) is 0. The van der Waals surface area contributed by atoms with Gasteiger partial charge >= 0.3 is 0 Å². The van der Waals surface area contributed by atoms with Crippen molar-refractivity contribution < 1.29 is 9.53 Å². The molecule has 1 amide bonds. The van der Waals surface area contributed by atoms with E-state index in [1.165, 1.54) is 12.8 Å². The Morgan fingerprint density at radius 1 is 1.45 bits per heavy atom. The Morgan fingerprint density at radius 2 is 2.27 bits per heavy atom. The van der Waals surface area contributed by atoms with Crippen LogP contribution < -0.4 is 0 Å². The van der Waals surface area contributed by atoms with E-state index in [0.717, 1.165) is 26.1 Å². The number of amides is 1. The summed E-state index contributed by atoms with van der Waals surface area (Å²) < 4.78 is 5.40. The molecule has 0 aromatic rings. The average Bonchev–Trinajstić information content (AvgIpc) is 2.80. The molecule has 1 spiro atoms. The van der Waals surface area contributed by atoms with Crippen LogP contribution in [0.4, 0.5) is 0 Å². The quantitative estimate of drug-likeness (QED) is 0.508. The minimum absolute atomic E-state index is 0.359. The van der Waals surface area contributed by atoms with E-state index < -0.39 is 0 Å². The number of rotatable bonds is 1. The van der Waals surface area contributed by atoms with Gasteiger partial charge in [-0.3, -0.25) is 4.79 Å². The van der Waals surface area contributed by atoms with E-state index in [2.05, 4.69) is 0 Å². The van der Waals surface area contributed by atoms with Crippen molar-refractivity contribution in [2.45, 2.75) is 12.8 Å². The molecule has 0 aromatic carbocycles. The maximum absolute atomic E-state index is 10.5. The second-order valence-corrected chi connectivity index (χ2v) is 3.63. The highest BCUT2D eigenvalue weighted by Crippen LogP contribution is 2.46. The molecule has 3 heteroatoms. The van der Waals surface area contributed by atoms with Gasteiger partial charge in [-0.25, -0.2) is 0 Å². The number of carbonyl (C=O) groups is 1. The molecule has 3 nitrogen and oxygen atoms in total. The van der Waals surface area contributed by atoms with Gasteiger partial charge in [-0.15, -0.1) is 0 Å². The molecule has 0 atom stereocenters. The lowest BCUT2D eigenvalue weighted by Gasteiger charge is -2.17. The molecule has 2 rings (SSSR count). The SMILES string of the molecule is O=CN1CCOCC2(CC2)C1. The highest BCUT2D eigenvalue weighted by Gasteiger charge is 2.45. The summed E-state index contributed by atoms with van der Waals surface area (Å²) in [6.07, 6.45) is 3.41. The molecule has 0 unspecified atom stereocenters. The Balaban J connectivity index is 1.99. The van der Waals surface area contributed by atoms with Crippen molar-refractivity contribution in [3.63, 3.8) is 0 Å². The molecule has 62 valence electrons. The summed E-state index contributed by atoms with van der Waals surface area (Å²) in [5, 5.41) is 0. The van der Waals surface area contributed by atoms with Gasteiger partial charge in [-0.2, -0.15) is 0 Å². The van der Waals surface area contributed by atoms with E-state index in [0.29, 0.717) is 12.0 Å². The largest absolute Gasteiger partial charge is 0.379 e. The highest BCUT2D eigenvalue weighted by molar-refractivity contribution is 5.47. The average molecular weight is 155 g/mol. The predicted octanol–water partition coefficient (Wildman–Crippen LogP) is 0.255. The zero-order valence-electron chi connectivity index (χ0n) is 6.58. The first-order valence-corrected chi connectivity index (χ1v) is 4.12. The van der Waals surface area contributed by atoms with Crippen molar-refractivity contribution in [3.05, 3.63) is 0 Å². The molecule has 0 radical (unpaired) electrons. The van der Waals surface area contributed by atoms with Crippen LogP contribution in [0.2, 0.25) is 0 Å². The van der Waals surface area contributed by atoms with Gasteiger partial charge in [0.15, 0.2) is 0 Å². The first-order chi connectivity index (χ1) is 5.35. The molecule has 11 heavy (non-hydrogen) atoms. The summed E-state index contributed by atoms with van der Waals surface area (Å²) in [5.41, 5.74) is 0.359.